The standard InChI is InChI=1S/C18H29NO7.C14H23NO6/c20-12-3-5-14(11-13-21)4-1-6-15(22)7-2-8-18(25)26-19-16(23)9-10-17(19)24;16-9-2-4-11(8-10-17)3-1-5-14(20)21-15-12(18)6-7-13(15)19/h14,20-21H,1-13H2;11,16-17H,1-10H2. The molecule has 47 heavy (non-hydrogen) atoms. The Morgan fingerprint density at radius 2 is 0.830 bits per heavy atom. The lowest BCUT2D eigenvalue weighted by atomic mass is 9.93. The second-order valence-electron chi connectivity index (χ2n) is 11.8. The molecule has 0 bridgehead atoms. The van der Waals surface area contributed by atoms with Crippen molar-refractivity contribution in [2.24, 2.45) is 11.8 Å². The highest BCUT2D eigenvalue weighted by atomic mass is 16.7. The van der Waals surface area contributed by atoms with Crippen LogP contribution in [0, 0.1) is 11.8 Å². The summed E-state index contributed by atoms with van der Waals surface area (Å²) in [6.07, 6.45) is 8.53. The van der Waals surface area contributed by atoms with Gasteiger partial charge in [-0.1, -0.05) is 0 Å². The molecule has 2 aliphatic rings. The van der Waals surface area contributed by atoms with E-state index in [9.17, 15) is 33.6 Å². The SMILES string of the molecule is O=C(CCCC(=O)ON1C(=O)CCC1=O)CCCC(CCO)CCCO.O=C(CCCC(CCO)CCCO)ON1C(=O)CCC1=O. The molecular formula is C32H52N2O13. The zero-order valence-electron chi connectivity index (χ0n) is 27.3. The Balaban J connectivity index is 0.000000481. The largest absolute Gasteiger partial charge is 0.396 e. The van der Waals surface area contributed by atoms with Gasteiger partial charge in [0, 0.05) is 77.8 Å². The fourth-order valence-electron chi connectivity index (χ4n) is 5.28. The lowest BCUT2D eigenvalue weighted by Gasteiger charge is -2.15. The summed E-state index contributed by atoms with van der Waals surface area (Å²) >= 11 is 0. The maximum atomic E-state index is 11.9. The van der Waals surface area contributed by atoms with Crippen LogP contribution >= 0.6 is 0 Å². The number of hydroxylamine groups is 4. The highest BCUT2D eigenvalue weighted by Crippen LogP contribution is 2.21. The van der Waals surface area contributed by atoms with E-state index in [1.165, 1.54) is 0 Å². The molecule has 0 aromatic rings. The molecule has 2 fully saturated rings. The zero-order chi connectivity index (χ0) is 35.0. The Labute approximate surface area is 275 Å². The highest BCUT2D eigenvalue weighted by molar-refractivity contribution is 6.02. The Kier molecular flexibility index (Phi) is 22.1. The van der Waals surface area contributed by atoms with Crippen molar-refractivity contribution < 1.29 is 63.7 Å². The average Bonchev–Trinajstić information content (AvgIpc) is 3.53. The van der Waals surface area contributed by atoms with Gasteiger partial charge in [-0.2, -0.15) is 0 Å². The van der Waals surface area contributed by atoms with Crippen molar-refractivity contribution in [3.05, 3.63) is 0 Å². The topological polar surface area (TPSA) is 225 Å². The van der Waals surface area contributed by atoms with Gasteiger partial charge in [-0.25, -0.2) is 9.59 Å². The minimum atomic E-state index is -0.687. The summed E-state index contributed by atoms with van der Waals surface area (Å²) in [5.41, 5.74) is 0. The molecule has 15 nitrogen and oxygen atoms in total. The second kappa shape index (κ2) is 24.8. The summed E-state index contributed by atoms with van der Waals surface area (Å²) < 4.78 is 0. The number of hydrogen-bond acceptors (Lipinski definition) is 13. The Bertz CT molecular complexity index is 987. The summed E-state index contributed by atoms with van der Waals surface area (Å²) in [4.78, 5) is 89.8. The lowest BCUT2D eigenvalue weighted by molar-refractivity contribution is -0.197. The van der Waals surface area contributed by atoms with Crippen LogP contribution in [-0.2, 0) is 43.2 Å². The first-order valence-electron chi connectivity index (χ1n) is 16.6. The fraction of sp³-hybridized carbons (Fsp3) is 0.781. The van der Waals surface area contributed by atoms with Gasteiger partial charge < -0.3 is 30.1 Å². The number of ketones is 1. The van der Waals surface area contributed by atoms with Crippen LogP contribution in [-0.4, -0.2) is 98.3 Å². The van der Waals surface area contributed by atoms with Crippen LogP contribution in [0.15, 0.2) is 0 Å². The van der Waals surface area contributed by atoms with E-state index >= 15 is 0 Å². The molecule has 2 aliphatic heterocycles. The third-order valence-corrected chi connectivity index (χ3v) is 7.91. The average molecular weight is 673 g/mol. The third kappa shape index (κ3) is 18.0. The molecule has 2 heterocycles. The number of aliphatic hydroxyl groups is 4. The number of carbonyl (C=O) groups is 7. The van der Waals surface area contributed by atoms with Gasteiger partial charge in [0.25, 0.3) is 23.6 Å². The van der Waals surface area contributed by atoms with E-state index in [2.05, 4.69) is 0 Å². The molecule has 2 saturated heterocycles. The van der Waals surface area contributed by atoms with Crippen molar-refractivity contribution in [2.75, 3.05) is 26.4 Å². The van der Waals surface area contributed by atoms with Crippen LogP contribution in [0.3, 0.4) is 0 Å². The summed E-state index contributed by atoms with van der Waals surface area (Å²) in [7, 11) is 0. The Hall–Kier alpha value is -3.27. The maximum absolute atomic E-state index is 11.9. The van der Waals surface area contributed by atoms with Crippen LogP contribution in [0.25, 0.3) is 0 Å². The van der Waals surface area contributed by atoms with Crippen molar-refractivity contribution in [1.29, 1.82) is 0 Å². The molecule has 0 aliphatic carbocycles. The molecule has 0 spiro atoms. The number of Topliss-reactive ketones (excluding diaryl/α,β-unsaturated/α-hetero) is 1. The highest BCUT2D eigenvalue weighted by Gasteiger charge is 2.33. The summed E-state index contributed by atoms with van der Waals surface area (Å²) in [6.45, 7) is 0.431. The minimum Gasteiger partial charge on any atom is -0.396 e. The number of amides is 4. The number of imide groups is 2. The Morgan fingerprint density at radius 3 is 1.21 bits per heavy atom. The number of nitrogens with zero attached hydrogens (tertiary/aromatic N) is 2. The fourth-order valence-corrected chi connectivity index (χ4v) is 5.28. The van der Waals surface area contributed by atoms with Crippen LogP contribution < -0.4 is 0 Å². The van der Waals surface area contributed by atoms with Crippen LogP contribution in [0.2, 0.25) is 0 Å². The molecule has 0 radical (unpaired) electrons. The van der Waals surface area contributed by atoms with Gasteiger partial charge in [0.15, 0.2) is 0 Å². The number of aliphatic hydroxyl groups excluding tert-OH is 4. The van der Waals surface area contributed by atoms with Gasteiger partial charge in [-0.3, -0.25) is 24.0 Å². The summed E-state index contributed by atoms with van der Waals surface area (Å²) in [5, 5.41) is 36.7. The van der Waals surface area contributed by atoms with E-state index in [1.807, 2.05) is 0 Å². The molecule has 15 heteroatoms. The van der Waals surface area contributed by atoms with Gasteiger partial charge >= 0.3 is 11.9 Å². The predicted molar refractivity (Wildman–Crippen MR) is 164 cm³/mol. The van der Waals surface area contributed by atoms with Gasteiger partial charge in [0.05, 0.1) is 0 Å². The summed E-state index contributed by atoms with van der Waals surface area (Å²) in [5.74, 6) is -2.65. The molecule has 0 aromatic heterocycles. The molecule has 0 saturated carbocycles. The molecule has 2 unspecified atom stereocenters. The quantitative estimate of drug-likeness (QED) is 0.107. The Morgan fingerprint density at radius 1 is 0.489 bits per heavy atom. The first kappa shape index (κ1) is 41.8. The monoisotopic (exact) mass is 672 g/mol. The minimum absolute atomic E-state index is 0.0214. The second-order valence-corrected chi connectivity index (χ2v) is 11.8. The van der Waals surface area contributed by atoms with Crippen molar-refractivity contribution in [3.8, 4) is 0 Å². The van der Waals surface area contributed by atoms with Crippen LogP contribution in [0.4, 0.5) is 0 Å². The van der Waals surface area contributed by atoms with E-state index in [0.717, 1.165) is 32.1 Å². The molecule has 268 valence electrons. The van der Waals surface area contributed by atoms with Crippen molar-refractivity contribution >= 4 is 41.4 Å². The molecule has 2 atom stereocenters. The maximum Gasteiger partial charge on any atom is 0.333 e. The normalized spacial score (nSPS) is 15.8. The number of rotatable bonds is 24. The molecule has 0 aromatic carbocycles. The zero-order valence-corrected chi connectivity index (χ0v) is 27.3. The van der Waals surface area contributed by atoms with Crippen molar-refractivity contribution in [1.82, 2.24) is 10.1 Å². The van der Waals surface area contributed by atoms with E-state index in [4.69, 9.17) is 30.1 Å². The third-order valence-electron chi connectivity index (χ3n) is 7.91. The van der Waals surface area contributed by atoms with Gasteiger partial charge in [-0.15, -0.1) is 10.1 Å². The van der Waals surface area contributed by atoms with Gasteiger partial charge in [0.1, 0.15) is 5.78 Å². The van der Waals surface area contributed by atoms with Crippen molar-refractivity contribution in [2.45, 2.75) is 122 Å². The smallest absolute Gasteiger partial charge is 0.333 e. The molecule has 4 N–H and O–H groups in total. The van der Waals surface area contributed by atoms with Crippen molar-refractivity contribution in [3.63, 3.8) is 0 Å². The van der Waals surface area contributed by atoms with E-state index in [1.54, 1.807) is 0 Å². The number of hydrogen-bond donors (Lipinski definition) is 4. The predicted octanol–water partition coefficient (Wildman–Crippen LogP) is 1.81. The molecular weight excluding hydrogens is 620 g/mol. The van der Waals surface area contributed by atoms with Gasteiger partial charge in [0.2, 0.25) is 0 Å². The molecule has 4 amide bonds. The van der Waals surface area contributed by atoms with Crippen LogP contribution in [0.1, 0.15) is 122 Å². The summed E-state index contributed by atoms with van der Waals surface area (Å²) in [6, 6.07) is 0. The first-order chi connectivity index (χ1) is 22.6. The number of carbonyl (C=O) groups excluding carboxylic acids is 7. The van der Waals surface area contributed by atoms with E-state index < -0.39 is 35.6 Å². The van der Waals surface area contributed by atoms with Crippen LogP contribution in [0.5, 0.6) is 0 Å². The van der Waals surface area contributed by atoms with E-state index in [0.29, 0.717) is 61.0 Å². The van der Waals surface area contributed by atoms with E-state index in [-0.39, 0.29) is 83.1 Å². The van der Waals surface area contributed by atoms with Gasteiger partial charge in [-0.05, 0) is 82.5 Å². The first-order valence-corrected chi connectivity index (χ1v) is 16.6. The lowest BCUT2D eigenvalue weighted by Crippen LogP contribution is -2.32. The molecule has 2 rings (SSSR count).